The molecule has 2 N–H and O–H groups in total. The summed E-state index contributed by atoms with van der Waals surface area (Å²) in [5, 5.41) is 5.03. The van der Waals surface area contributed by atoms with E-state index >= 15 is 0 Å². The first-order valence-electron chi connectivity index (χ1n) is 10.2. The number of hydrogen-bond donors (Lipinski definition) is 2. The minimum atomic E-state index is -4.82. The molecule has 2 aromatic carbocycles. The molecule has 8 nitrogen and oxygen atoms in total. The average molecular weight is 482 g/mol. The summed E-state index contributed by atoms with van der Waals surface area (Å²) in [6, 6.07) is 10.7. The van der Waals surface area contributed by atoms with Gasteiger partial charge in [0.25, 0.3) is 5.91 Å². The number of esters is 1. The van der Waals surface area contributed by atoms with Crippen LogP contribution in [0.25, 0.3) is 0 Å². The quantitative estimate of drug-likeness (QED) is 0.550. The second-order valence-electron chi connectivity index (χ2n) is 8.16. The second-order valence-corrected chi connectivity index (χ2v) is 8.16. The van der Waals surface area contributed by atoms with Gasteiger partial charge in [0.15, 0.2) is 6.10 Å². The average Bonchev–Trinajstić information content (AvgIpc) is 2.71. The highest BCUT2D eigenvalue weighted by atomic mass is 19.4. The zero-order chi connectivity index (χ0) is 25.5. The van der Waals surface area contributed by atoms with Crippen LogP contribution in [0.15, 0.2) is 48.5 Å². The van der Waals surface area contributed by atoms with Gasteiger partial charge in [-0.1, -0.05) is 12.1 Å². The van der Waals surface area contributed by atoms with E-state index in [1.165, 1.54) is 31.2 Å². The molecule has 0 radical (unpaired) electrons. The summed E-state index contributed by atoms with van der Waals surface area (Å²) in [5.74, 6) is -1.85. The van der Waals surface area contributed by atoms with Crippen molar-refractivity contribution in [3.63, 3.8) is 0 Å². The maximum Gasteiger partial charge on any atom is 0.573 e. The molecule has 0 saturated carbocycles. The lowest BCUT2D eigenvalue weighted by atomic mass is 10.1. The van der Waals surface area contributed by atoms with E-state index in [2.05, 4.69) is 15.4 Å². The third-order valence-corrected chi connectivity index (χ3v) is 4.03. The number of alkyl halides is 3. The summed E-state index contributed by atoms with van der Waals surface area (Å²) in [6.45, 7) is 6.79. The number of anilines is 1. The van der Waals surface area contributed by atoms with E-state index in [-0.39, 0.29) is 17.8 Å². The van der Waals surface area contributed by atoms with Gasteiger partial charge < -0.3 is 24.8 Å². The number of carbonyl (C=O) groups is 3. The Hall–Kier alpha value is -3.76. The molecule has 0 aromatic heterocycles. The number of nitrogens with one attached hydrogen (secondary N) is 2. The van der Waals surface area contributed by atoms with Gasteiger partial charge in [0.2, 0.25) is 0 Å². The van der Waals surface area contributed by atoms with Crippen LogP contribution >= 0.6 is 0 Å². The van der Waals surface area contributed by atoms with Crippen molar-refractivity contribution in [2.45, 2.75) is 52.3 Å². The van der Waals surface area contributed by atoms with E-state index in [0.29, 0.717) is 5.56 Å². The number of carbonyl (C=O) groups excluding carboxylic acids is 3. The maximum atomic E-state index is 12.3. The second kappa shape index (κ2) is 10.9. The van der Waals surface area contributed by atoms with Crippen molar-refractivity contribution in [3.8, 4) is 5.75 Å². The molecular formula is C23H25F3N2O6. The highest BCUT2D eigenvalue weighted by molar-refractivity contribution is 5.97. The van der Waals surface area contributed by atoms with Gasteiger partial charge in [0.05, 0.1) is 5.56 Å². The van der Waals surface area contributed by atoms with Gasteiger partial charge in [-0.15, -0.1) is 13.2 Å². The van der Waals surface area contributed by atoms with E-state index in [1.807, 2.05) is 0 Å². The molecule has 34 heavy (non-hydrogen) atoms. The first-order valence-corrected chi connectivity index (χ1v) is 10.2. The number of halogens is 3. The summed E-state index contributed by atoms with van der Waals surface area (Å²) < 4.78 is 50.6. The number of alkyl carbamates (subject to hydrolysis) is 1. The molecule has 0 aliphatic rings. The normalized spacial score (nSPS) is 12.3. The first-order chi connectivity index (χ1) is 15.7. The van der Waals surface area contributed by atoms with Crippen molar-refractivity contribution < 1.29 is 41.8 Å². The topological polar surface area (TPSA) is 103 Å². The summed E-state index contributed by atoms with van der Waals surface area (Å²) in [4.78, 5) is 36.3. The van der Waals surface area contributed by atoms with Crippen molar-refractivity contribution in [3.05, 3.63) is 59.7 Å². The summed E-state index contributed by atoms with van der Waals surface area (Å²) in [5.41, 5.74) is 0.482. The molecule has 0 bridgehead atoms. The fourth-order valence-electron chi connectivity index (χ4n) is 2.51. The third-order valence-electron chi connectivity index (χ3n) is 4.03. The van der Waals surface area contributed by atoms with Crippen LogP contribution in [-0.2, 0) is 20.8 Å². The number of amides is 2. The first kappa shape index (κ1) is 26.5. The fourth-order valence-corrected chi connectivity index (χ4v) is 2.51. The zero-order valence-corrected chi connectivity index (χ0v) is 19.0. The van der Waals surface area contributed by atoms with E-state index in [1.54, 1.807) is 32.9 Å². The molecule has 11 heteroatoms. The SMILES string of the molecule is CC(OC(=O)c1ccc(CNC(=O)OC(C)(C)C)cc1)C(=O)Nc1ccc(OC(F)(F)F)cc1. The van der Waals surface area contributed by atoms with Crippen molar-refractivity contribution in [1.82, 2.24) is 5.32 Å². The Morgan fingerprint density at radius 1 is 0.941 bits per heavy atom. The van der Waals surface area contributed by atoms with E-state index in [0.717, 1.165) is 12.1 Å². The van der Waals surface area contributed by atoms with E-state index < -0.39 is 41.8 Å². The molecule has 2 rings (SSSR count). The summed E-state index contributed by atoms with van der Waals surface area (Å²) in [6.07, 6.45) is -6.56. The standard InChI is InChI=1S/C23H25F3N2O6/c1-14(19(29)28-17-9-11-18(12-10-17)33-23(24,25)26)32-20(30)16-7-5-15(6-8-16)13-27-21(31)34-22(2,3)4/h5-12,14H,13H2,1-4H3,(H,27,31)(H,28,29). The molecular weight excluding hydrogens is 457 g/mol. The van der Waals surface area contributed by atoms with Crippen LogP contribution in [0.3, 0.4) is 0 Å². The van der Waals surface area contributed by atoms with Gasteiger partial charge in [0.1, 0.15) is 11.4 Å². The van der Waals surface area contributed by atoms with Gasteiger partial charge in [0, 0.05) is 12.2 Å². The van der Waals surface area contributed by atoms with Gasteiger partial charge in [-0.3, -0.25) is 4.79 Å². The minimum Gasteiger partial charge on any atom is -0.449 e. The Morgan fingerprint density at radius 3 is 2.06 bits per heavy atom. The lowest BCUT2D eigenvalue weighted by Gasteiger charge is -2.19. The highest BCUT2D eigenvalue weighted by Gasteiger charge is 2.31. The highest BCUT2D eigenvalue weighted by Crippen LogP contribution is 2.24. The molecule has 0 aliphatic carbocycles. The van der Waals surface area contributed by atoms with Crippen LogP contribution in [-0.4, -0.2) is 36.0 Å². The monoisotopic (exact) mass is 482 g/mol. The van der Waals surface area contributed by atoms with Crippen molar-refractivity contribution in [1.29, 1.82) is 0 Å². The molecule has 1 unspecified atom stereocenters. The lowest BCUT2D eigenvalue weighted by molar-refractivity contribution is -0.274. The molecule has 2 amide bonds. The maximum absolute atomic E-state index is 12.3. The number of ether oxygens (including phenoxy) is 3. The molecule has 0 spiro atoms. The Balaban J connectivity index is 1.85. The fraction of sp³-hybridized carbons (Fsp3) is 0.348. The van der Waals surface area contributed by atoms with Crippen LogP contribution in [0.2, 0.25) is 0 Å². The molecule has 1 atom stereocenters. The Labute approximate surface area is 194 Å². The zero-order valence-electron chi connectivity index (χ0n) is 19.0. The number of hydrogen-bond acceptors (Lipinski definition) is 6. The van der Waals surface area contributed by atoms with Crippen LogP contribution in [0.5, 0.6) is 5.75 Å². The summed E-state index contributed by atoms with van der Waals surface area (Å²) >= 11 is 0. The lowest BCUT2D eigenvalue weighted by Crippen LogP contribution is -2.32. The van der Waals surface area contributed by atoms with Crippen LogP contribution in [0.1, 0.15) is 43.6 Å². The van der Waals surface area contributed by atoms with Gasteiger partial charge in [-0.2, -0.15) is 0 Å². The van der Waals surface area contributed by atoms with Crippen molar-refractivity contribution in [2.24, 2.45) is 0 Å². The van der Waals surface area contributed by atoms with Gasteiger partial charge >= 0.3 is 18.4 Å². The van der Waals surface area contributed by atoms with Crippen LogP contribution < -0.4 is 15.4 Å². The van der Waals surface area contributed by atoms with Crippen molar-refractivity contribution >= 4 is 23.7 Å². The largest absolute Gasteiger partial charge is 0.573 e. The van der Waals surface area contributed by atoms with Crippen LogP contribution in [0.4, 0.5) is 23.7 Å². The van der Waals surface area contributed by atoms with E-state index in [4.69, 9.17) is 9.47 Å². The van der Waals surface area contributed by atoms with Gasteiger partial charge in [-0.05, 0) is 69.7 Å². The Bertz CT molecular complexity index is 999. The summed E-state index contributed by atoms with van der Waals surface area (Å²) in [7, 11) is 0. The Kier molecular flexibility index (Phi) is 8.50. The predicted octanol–water partition coefficient (Wildman–Crippen LogP) is 4.79. The van der Waals surface area contributed by atoms with E-state index in [9.17, 15) is 27.6 Å². The Morgan fingerprint density at radius 2 is 1.53 bits per heavy atom. The third kappa shape index (κ3) is 9.39. The minimum absolute atomic E-state index is 0.189. The molecule has 184 valence electrons. The molecule has 0 fully saturated rings. The number of benzene rings is 2. The van der Waals surface area contributed by atoms with Gasteiger partial charge in [-0.25, -0.2) is 9.59 Å². The van der Waals surface area contributed by atoms with Crippen LogP contribution in [0, 0.1) is 0 Å². The van der Waals surface area contributed by atoms with Crippen molar-refractivity contribution in [2.75, 3.05) is 5.32 Å². The smallest absolute Gasteiger partial charge is 0.449 e. The number of rotatable bonds is 7. The predicted molar refractivity (Wildman–Crippen MR) is 116 cm³/mol. The molecule has 0 aliphatic heterocycles. The molecule has 0 heterocycles. The molecule has 2 aromatic rings. The molecule has 0 saturated heterocycles.